The van der Waals surface area contributed by atoms with Crippen LogP contribution in [-0.4, -0.2) is 38.3 Å². The van der Waals surface area contributed by atoms with Crippen LogP contribution in [-0.2, 0) is 23.4 Å². The van der Waals surface area contributed by atoms with Gasteiger partial charge < -0.3 is 19.1 Å². The van der Waals surface area contributed by atoms with Crippen LogP contribution in [0.5, 0.6) is 11.5 Å². The zero-order valence-electron chi connectivity index (χ0n) is 20.6. The molecular weight excluding hydrogens is 455 g/mol. The first-order chi connectivity index (χ1) is 17.6. The number of nitrogens with zero attached hydrogens (tertiary/aromatic N) is 2. The number of ether oxygens (including phenoxy) is 3. The second-order valence-electron chi connectivity index (χ2n) is 9.56. The van der Waals surface area contributed by atoms with Crippen LogP contribution < -0.4 is 9.47 Å². The van der Waals surface area contributed by atoms with E-state index < -0.39 is 5.60 Å². The van der Waals surface area contributed by atoms with E-state index in [4.69, 9.17) is 14.2 Å². The normalized spacial score (nSPS) is 18.2. The molecule has 1 atom stereocenters. The molecule has 3 aromatic carbocycles. The lowest BCUT2D eigenvalue weighted by Crippen LogP contribution is -2.29. The van der Waals surface area contributed by atoms with Crippen molar-refractivity contribution in [2.75, 3.05) is 33.4 Å². The van der Waals surface area contributed by atoms with E-state index >= 15 is 0 Å². The lowest BCUT2D eigenvalue weighted by atomic mass is 9.81. The molecule has 36 heavy (non-hydrogen) atoms. The molecule has 5 rings (SSSR count). The van der Waals surface area contributed by atoms with Crippen LogP contribution >= 0.6 is 0 Å². The predicted octanol–water partition coefficient (Wildman–Crippen LogP) is 5.59. The highest BCUT2D eigenvalue weighted by Gasteiger charge is 2.41. The fourth-order valence-corrected chi connectivity index (χ4v) is 5.34. The molecule has 0 saturated carbocycles. The SMILES string of the molecule is CN(CCCc1cccc2c1OCCO2)CCCC1(c2ccc(F)cc2)OCc2cc(C#N)ccc21. The molecule has 0 saturated heterocycles. The number of hydrogen-bond donors (Lipinski definition) is 0. The largest absolute Gasteiger partial charge is 0.486 e. The van der Waals surface area contributed by atoms with Gasteiger partial charge in [0.05, 0.1) is 18.2 Å². The van der Waals surface area contributed by atoms with Crippen molar-refractivity contribution < 1.29 is 18.6 Å². The molecule has 2 aliphatic heterocycles. The predicted molar refractivity (Wildman–Crippen MR) is 136 cm³/mol. The van der Waals surface area contributed by atoms with E-state index in [0.717, 1.165) is 67.0 Å². The van der Waals surface area contributed by atoms with Crippen molar-refractivity contribution in [1.82, 2.24) is 4.90 Å². The fourth-order valence-electron chi connectivity index (χ4n) is 5.34. The summed E-state index contributed by atoms with van der Waals surface area (Å²) in [7, 11) is 2.15. The summed E-state index contributed by atoms with van der Waals surface area (Å²) < 4.78 is 31.7. The molecule has 2 aliphatic rings. The van der Waals surface area contributed by atoms with E-state index in [1.165, 1.54) is 17.7 Å². The average molecular weight is 487 g/mol. The molecule has 3 aromatic rings. The monoisotopic (exact) mass is 486 g/mol. The Hall–Kier alpha value is -3.40. The minimum absolute atomic E-state index is 0.261. The molecule has 0 bridgehead atoms. The molecule has 0 radical (unpaired) electrons. The van der Waals surface area contributed by atoms with Crippen molar-refractivity contribution in [1.29, 1.82) is 5.26 Å². The molecule has 0 N–H and O–H groups in total. The van der Waals surface area contributed by atoms with Crippen LogP contribution in [0, 0.1) is 17.1 Å². The molecule has 0 amide bonds. The zero-order chi connectivity index (χ0) is 25.0. The summed E-state index contributed by atoms with van der Waals surface area (Å²) in [6, 6.07) is 20.7. The van der Waals surface area contributed by atoms with Gasteiger partial charge in [-0.05, 0) is 98.4 Å². The Labute approximate surface area is 212 Å². The van der Waals surface area contributed by atoms with Crippen LogP contribution in [0.2, 0.25) is 0 Å². The standard InChI is InChI=1S/C30H31FN2O3/c1-33(15-3-6-23-5-2-7-28-29(23)35-18-17-34-28)16-4-14-30(25-9-11-26(31)12-10-25)27-13-8-22(20-32)19-24(27)21-36-30/h2,5,7-13,19H,3-4,6,14-18,21H2,1H3. The highest BCUT2D eigenvalue weighted by molar-refractivity contribution is 5.48. The topological polar surface area (TPSA) is 54.7 Å². The van der Waals surface area contributed by atoms with E-state index in [1.807, 2.05) is 42.5 Å². The molecule has 0 aromatic heterocycles. The Morgan fingerprint density at radius 2 is 1.81 bits per heavy atom. The summed E-state index contributed by atoms with van der Waals surface area (Å²) in [5.74, 6) is 1.48. The van der Waals surface area contributed by atoms with Gasteiger partial charge in [-0.2, -0.15) is 5.26 Å². The number of hydrogen-bond acceptors (Lipinski definition) is 5. The van der Waals surface area contributed by atoms with Gasteiger partial charge in [-0.25, -0.2) is 4.39 Å². The Balaban J connectivity index is 1.22. The number of benzene rings is 3. The van der Waals surface area contributed by atoms with Crippen molar-refractivity contribution in [3.05, 3.63) is 94.3 Å². The first-order valence-corrected chi connectivity index (χ1v) is 12.6. The third-order valence-corrected chi connectivity index (χ3v) is 7.16. The van der Waals surface area contributed by atoms with Gasteiger partial charge in [0, 0.05) is 0 Å². The highest BCUT2D eigenvalue weighted by atomic mass is 19.1. The number of nitriles is 1. The van der Waals surface area contributed by atoms with Crippen LogP contribution in [0.15, 0.2) is 60.7 Å². The molecule has 0 aliphatic carbocycles. The van der Waals surface area contributed by atoms with Crippen LogP contribution in [0.4, 0.5) is 4.39 Å². The minimum atomic E-state index is -0.627. The van der Waals surface area contributed by atoms with Crippen LogP contribution in [0.25, 0.3) is 0 Å². The van der Waals surface area contributed by atoms with Crippen molar-refractivity contribution in [3.63, 3.8) is 0 Å². The van der Waals surface area contributed by atoms with Gasteiger partial charge in [-0.3, -0.25) is 0 Å². The molecule has 5 nitrogen and oxygen atoms in total. The highest BCUT2D eigenvalue weighted by Crippen LogP contribution is 2.45. The number of aryl methyl sites for hydroxylation is 1. The number of para-hydroxylation sites is 1. The lowest BCUT2D eigenvalue weighted by molar-refractivity contribution is -0.0142. The average Bonchev–Trinajstić information content (AvgIpc) is 3.28. The van der Waals surface area contributed by atoms with Crippen molar-refractivity contribution in [2.45, 2.75) is 37.9 Å². The fraction of sp³-hybridized carbons (Fsp3) is 0.367. The zero-order valence-corrected chi connectivity index (χ0v) is 20.6. The van der Waals surface area contributed by atoms with Crippen molar-refractivity contribution in [3.8, 4) is 17.6 Å². The Bertz CT molecular complexity index is 1250. The maximum absolute atomic E-state index is 13.7. The summed E-state index contributed by atoms with van der Waals surface area (Å²) in [4.78, 5) is 2.35. The van der Waals surface area contributed by atoms with Crippen LogP contribution in [0.1, 0.15) is 47.1 Å². The smallest absolute Gasteiger partial charge is 0.164 e. The van der Waals surface area contributed by atoms with E-state index in [2.05, 4.69) is 24.1 Å². The first kappa shape index (κ1) is 24.3. The quantitative estimate of drug-likeness (QED) is 0.395. The summed E-state index contributed by atoms with van der Waals surface area (Å²) in [5.41, 5.74) is 4.26. The second kappa shape index (κ2) is 10.7. The Morgan fingerprint density at radius 3 is 2.64 bits per heavy atom. The van der Waals surface area contributed by atoms with Crippen LogP contribution in [0.3, 0.4) is 0 Å². The van der Waals surface area contributed by atoms with E-state index in [0.29, 0.717) is 25.4 Å². The summed E-state index contributed by atoms with van der Waals surface area (Å²) >= 11 is 0. The maximum atomic E-state index is 13.7. The van der Waals surface area contributed by atoms with Gasteiger partial charge in [0.1, 0.15) is 24.6 Å². The number of rotatable bonds is 9. The molecule has 0 spiro atoms. The minimum Gasteiger partial charge on any atom is -0.486 e. The van der Waals surface area contributed by atoms with Crippen molar-refractivity contribution >= 4 is 0 Å². The van der Waals surface area contributed by atoms with E-state index in [9.17, 15) is 9.65 Å². The van der Waals surface area contributed by atoms with Crippen molar-refractivity contribution in [2.24, 2.45) is 0 Å². The summed E-state index contributed by atoms with van der Waals surface area (Å²) in [5, 5.41) is 9.30. The Kier molecular flexibility index (Phi) is 7.22. The third kappa shape index (κ3) is 4.95. The number of halogens is 1. The lowest BCUT2D eigenvalue weighted by Gasteiger charge is -2.31. The van der Waals surface area contributed by atoms with Gasteiger partial charge in [-0.15, -0.1) is 0 Å². The third-order valence-electron chi connectivity index (χ3n) is 7.16. The summed E-state index contributed by atoms with van der Waals surface area (Å²) in [6.07, 6.45) is 3.66. The summed E-state index contributed by atoms with van der Waals surface area (Å²) in [6.45, 7) is 3.54. The molecular formula is C30H31FN2O3. The number of fused-ring (bicyclic) bond motifs is 2. The molecule has 186 valence electrons. The Morgan fingerprint density at radius 1 is 1.00 bits per heavy atom. The molecule has 0 fully saturated rings. The van der Waals surface area contributed by atoms with Gasteiger partial charge in [0.25, 0.3) is 0 Å². The second-order valence-corrected chi connectivity index (χ2v) is 9.56. The van der Waals surface area contributed by atoms with E-state index in [1.54, 1.807) is 0 Å². The first-order valence-electron chi connectivity index (χ1n) is 12.6. The molecule has 2 heterocycles. The van der Waals surface area contributed by atoms with Gasteiger partial charge in [-0.1, -0.05) is 30.3 Å². The molecule has 1 unspecified atom stereocenters. The van der Waals surface area contributed by atoms with Gasteiger partial charge in [0.15, 0.2) is 11.5 Å². The molecule has 6 heteroatoms. The van der Waals surface area contributed by atoms with Gasteiger partial charge in [0.2, 0.25) is 0 Å². The van der Waals surface area contributed by atoms with Gasteiger partial charge >= 0.3 is 0 Å². The maximum Gasteiger partial charge on any atom is 0.164 e. The van der Waals surface area contributed by atoms with E-state index in [-0.39, 0.29) is 5.82 Å².